The third-order valence-corrected chi connectivity index (χ3v) is 3.63. The molecule has 0 radical (unpaired) electrons. The third-order valence-electron chi connectivity index (χ3n) is 3.32. The largest absolute Gasteiger partial charge is 0.486 e. The van der Waals surface area contributed by atoms with Crippen molar-refractivity contribution in [1.82, 2.24) is 9.97 Å². The van der Waals surface area contributed by atoms with E-state index in [1.807, 2.05) is 31.2 Å². The van der Waals surface area contributed by atoms with Gasteiger partial charge in [0.2, 0.25) is 0 Å². The molecule has 2 aromatic rings. The van der Waals surface area contributed by atoms with E-state index in [2.05, 4.69) is 9.97 Å². The Morgan fingerprint density at radius 1 is 1.16 bits per heavy atom. The molecule has 0 aliphatic heterocycles. The van der Waals surface area contributed by atoms with E-state index in [-0.39, 0.29) is 0 Å². The number of nitrogens with zero attached hydrogens (tertiary/aromatic N) is 2. The van der Waals surface area contributed by atoms with Crippen LogP contribution in [-0.2, 0) is 19.4 Å². The number of rotatable bonds is 3. The van der Waals surface area contributed by atoms with Crippen LogP contribution >= 0.6 is 11.6 Å². The smallest absolute Gasteiger partial charge is 0.167 e. The van der Waals surface area contributed by atoms with Crippen molar-refractivity contribution in [3.05, 3.63) is 52.1 Å². The zero-order valence-electron chi connectivity index (χ0n) is 10.8. The van der Waals surface area contributed by atoms with Gasteiger partial charge in [-0.2, -0.15) is 0 Å². The quantitative estimate of drug-likeness (QED) is 0.804. The molecule has 1 heterocycles. The molecule has 1 aliphatic carbocycles. The van der Waals surface area contributed by atoms with Crippen molar-refractivity contribution in [2.45, 2.75) is 32.8 Å². The first-order chi connectivity index (χ1) is 9.22. The average molecular weight is 275 g/mol. The predicted octanol–water partition coefficient (Wildman–Crippen LogP) is 3.51. The summed E-state index contributed by atoms with van der Waals surface area (Å²) in [6, 6.07) is 7.94. The van der Waals surface area contributed by atoms with Crippen LogP contribution in [0.3, 0.4) is 0 Å². The maximum Gasteiger partial charge on any atom is 0.167 e. The maximum absolute atomic E-state index is 6.17. The van der Waals surface area contributed by atoms with Gasteiger partial charge in [0.25, 0.3) is 0 Å². The molecule has 19 heavy (non-hydrogen) atoms. The highest BCUT2D eigenvalue weighted by atomic mass is 35.5. The van der Waals surface area contributed by atoms with Crippen LogP contribution in [0, 0.1) is 6.92 Å². The summed E-state index contributed by atoms with van der Waals surface area (Å²) in [6.45, 7) is 2.41. The first kappa shape index (κ1) is 12.4. The number of hydrogen-bond acceptors (Lipinski definition) is 3. The molecule has 0 fully saturated rings. The second-order valence-corrected chi connectivity index (χ2v) is 5.17. The standard InChI is InChI=1S/C15H15ClN2O/c1-10-5-7-11(8-6-10)19-9-14-17-13-4-2-3-12(13)15(16)18-14/h5-8H,2-4,9H2,1H3. The summed E-state index contributed by atoms with van der Waals surface area (Å²) in [6.07, 6.45) is 3.11. The van der Waals surface area contributed by atoms with E-state index < -0.39 is 0 Å². The van der Waals surface area contributed by atoms with Gasteiger partial charge in [-0.1, -0.05) is 29.3 Å². The van der Waals surface area contributed by atoms with Crippen LogP contribution in [0.25, 0.3) is 0 Å². The van der Waals surface area contributed by atoms with Gasteiger partial charge in [0.15, 0.2) is 5.82 Å². The summed E-state index contributed by atoms with van der Waals surface area (Å²) < 4.78 is 5.68. The van der Waals surface area contributed by atoms with Crippen molar-refractivity contribution in [1.29, 1.82) is 0 Å². The molecule has 0 unspecified atom stereocenters. The lowest BCUT2D eigenvalue weighted by Gasteiger charge is -2.08. The molecule has 0 bridgehead atoms. The predicted molar refractivity (Wildman–Crippen MR) is 74.6 cm³/mol. The van der Waals surface area contributed by atoms with Crippen molar-refractivity contribution in [3.63, 3.8) is 0 Å². The number of fused-ring (bicyclic) bond motifs is 1. The summed E-state index contributed by atoms with van der Waals surface area (Å²) in [7, 11) is 0. The molecule has 1 aliphatic rings. The summed E-state index contributed by atoms with van der Waals surface area (Å²) >= 11 is 6.17. The topological polar surface area (TPSA) is 35.0 Å². The lowest BCUT2D eigenvalue weighted by Crippen LogP contribution is -2.05. The molecule has 0 saturated carbocycles. The average Bonchev–Trinajstić information content (AvgIpc) is 2.87. The molecule has 1 aromatic carbocycles. The fraction of sp³-hybridized carbons (Fsp3) is 0.333. The number of aryl methyl sites for hydroxylation is 2. The molecule has 0 saturated heterocycles. The number of ether oxygens (including phenoxy) is 1. The summed E-state index contributed by atoms with van der Waals surface area (Å²) in [5, 5.41) is 0.588. The van der Waals surface area contributed by atoms with Crippen molar-refractivity contribution in [2.24, 2.45) is 0 Å². The Bertz CT molecular complexity index is 596. The van der Waals surface area contributed by atoms with E-state index >= 15 is 0 Å². The van der Waals surface area contributed by atoms with Gasteiger partial charge in [0.1, 0.15) is 17.5 Å². The normalized spacial score (nSPS) is 13.4. The molecule has 98 valence electrons. The van der Waals surface area contributed by atoms with Crippen LogP contribution < -0.4 is 4.74 Å². The van der Waals surface area contributed by atoms with Gasteiger partial charge in [-0.25, -0.2) is 9.97 Å². The first-order valence-electron chi connectivity index (χ1n) is 6.46. The van der Waals surface area contributed by atoms with E-state index in [9.17, 15) is 0 Å². The molecule has 1 aromatic heterocycles. The molecule has 0 atom stereocenters. The molecule has 3 rings (SSSR count). The lowest BCUT2D eigenvalue weighted by atomic mass is 10.2. The number of aromatic nitrogens is 2. The van der Waals surface area contributed by atoms with Crippen molar-refractivity contribution >= 4 is 11.6 Å². The highest BCUT2D eigenvalue weighted by Gasteiger charge is 2.18. The van der Waals surface area contributed by atoms with Gasteiger partial charge in [0.05, 0.1) is 0 Å². The van der Waals surface area contributed by atoms with Gasteiger partial charge in [-0.15, -0.1) is 0 Å². The Morgan fingerprint density at radius 2 is 1.95 bits per heavy atom. The van der Waals surface area contributed by atoms with E-state index in [4.69, 9.17) is 16.3 Å². The highest BCUT2D eigenvalue weighted by Crippen LogP contribution is 2.26. The molecular formula is C15H15ClN2O. The van der Waals surface area contributed by atoms with Gasteiger partial charge < -0.3 is 4.74 Å². The van der Waals surface area contributed by atoms with Gasteiger partial charge in [-0.3, -0.25) is 0 Å². The second-order valence-electron chi connectivity index (χ2n) is 4.81. The van der Waals surface area contributed by atoms with Crippen LogP contribution in [0.1, 0.15) is 29.1 Å². The SMILES string of the molecule is Cc1ccc(OCc2nc(Cl)c3c(n2)CCC3)cc1. The Kier molecular flexibility index (Phi) is 3.38. The number of hydrogen-bond donors (Lipinski definition) is 0. The molecule has 0 N–H and O–H groups in total. The minimum absolute atomic E-state index is 0.357. The Labute approximate surface area is 117 Å². The minimum atomic E-state index is 0.357. The second kappa shape index (κ2) is 5.17. The first-order valence-corrected chi connectivity index (χ1v) is 6.84. The molecule has 3 nitrogen and oxygen atoms in total. The van der Waals surface area contributed by atoms with E-state index in [1.54, 1.807) is 0 Å². The monoisotopic (exact) mass is 274 g/mol. The Morgan fingerprint density at radius 3 is 2.74 bits per heavy atom. The zero-order valence-corrected chi connectivity index (χ0v) is 11.6. The van der Waals surface area contributed by atoms with Gasteiger partial charge in [0, 0.05) is 11.3 Å². The van der Waals surface area contributed by atoms with Gasteiger partial charge in [-0.05, 0) is 38.3 Å². The van der Waals surface area contributed by atoms with Crippen LogP contribution in [-0.4, -0.2) is 9.97 Å². The summed E-state index contributed by atoms with van der Waals surface area (Å²) in [5.74, 6) is 1.48. The van der Waals surface area contributed by atoms with Crippen LogP contribution in [0.5, 0.6) is 5.75 Å². The van der Waals surface area contributed by atoms with Crippen molar-refractivity contribution in [2.75, 3.05) is 0 Å². The summed E-state index contributed by atoms with van der Waals surface area (Å²) in [4.78, 5) is 8.83. The number of halogens is 1. The van der Waals surface area contributed by atoms with E-state index in [0.717, 1.165) is 36.3 Å². The molecular weight excluding hydrogens is 260 g/mol. The Balaban J connectivity index is 1.73. The summed E-state index contributed by atoms with van der Waals surface area (Å²) in [5.41, 5.74) is 3.41. The van der Waals surface area contributed by atoms with Gasteiger partial charge >= 0.3 is 0 Å². The number of benzene rings is 1. The van der Waals surface area contributed by atoms with Crippen molar-refractivity contribution in [3.8, 4) is 5.75 Å². The third kappa shape index (κ3) is 2.71. The molecule has 0 spiro atoms. The maximum atomic E-state index is 6.17. The Hall–Kier alpha value is -1.61. The van der Waals surface area contributed by atoms with E-state index in [0.29, 0.717) is 17.6 Å². The zero-order chi connectivity index (χ0) is 13.2. The van der Waals surface area contributed by atoms with Crippen LogP contribution in [0.2, 0.25) is 5.15 Å². The lowest BCUT2D eigenvalue weighted by molar-refractivity contribution is 0.295. The van der Waals surface area contributed by atoms with Crippen LogP contribution in [0.15, 0.2) is 24.3 Å². The molecule has 4 heteroatoms. The highest BCUT2D eigenvalue weighted by molar-refractivity contribution is 6.30. The van der Waals surface area contributed by atoms with E-state index in [1.165, 1.54) is 5.56 Å². The fourth-order valence-corrected chi connectivity index (χ4v) is 2.58. The van der Waals surface area contributed by atoms with Crippen molar-refractivity contribution < 1.29 is 4.74 Å². The fourth-order valence-electron chi connectivity index (χ4n) is 2.28. The van der Waals surface area contributed by atoms with Crippen LogP contribution in [0.4, 0.5) is 0 Å². The minimum Gasteiger partial charge on any atom is -0.486 e. The molecule has 0 amide bonds.